The SMILES string of the molecule is C[C@@H](Oc1ccc2c(c1)N1CCNCC1CC(=O)N2)c1ccccc1. The highest BCUT2D eigenvalue weighted by Gasteiger charge is 2.30. The summed E-state index contributed by atoms with van der Waals surface area (Å²) in [4.78, 5) is 14.5. The van der Waals surface area contributed by atoms with Gasteiger partial charge in [0, 0.05) is 32.1 Å². The second-order valence-electron chi connectivity index (χ2n) is 6.65. The molecule has 25 heavy (non-hydrogen) atoms. The summed E-state index contributed by atoms with van der Waals surface area (Å²) in [6.07, 6.45) is 0.483. The largest absolute Gasteiger partial charge is 0.486 e. The third-order valence-electron chi connectivity index (χ3n) is 4.91. The molecule has 0 radical (unpaired) electrons. The molecule has 0 bridgehead atoms. The molecule has 2 aliphatic heterocycles. The molecule has 2 aliphatic rings. The Hall–Kier alpha value is -2.53. The van der Waals surface area contributed by atoms with Gasteiger partial charge in [-0.1, -0.05) is 30.3 Å². The zero-order valence-corrected chi connectivity index (χ0v) is 14.4. The summed E-state index contributed by atoms with van der Waals surface area (Å²) in [6, 6.07) is 16.3. The number of carbonyl (C=O) groups excluding carboxylic acids is 1. The number of anilines is 2. The molecule has 2 heterocycles. The lowest BCUT2D eigenvalue weighted by Gasteiger charge is -2.36. The van der Waals surface area contributed by atoms with Crippen molar-refractivity contribution in [2.45, 2.75) is 25.5 Å². The van der Waals surface area contributed by atoms with Gasteiger partial charge in [-0.05, 0) is 24.6 Å². The van der Waals surface area contributed by atoms with E-state index in [0.717, 1.165) is 42.3 Å². The topological polar surface area (TPSA) is 53.6 Å². The fraction of sp³-hybridized carbons (Fsp3) is 0.350. The molecular weight excluding hydrogens is 314 g/mol. The van der Waals surface area contributed by atoms with E-state index in [4.69, 9.17) is 4.74 Å². The Labute approximate surface area is 148 Å². The summed E-state index contributed by atoms with van der Waals surface area (Å²) in [6.45, 7) is 4.70. The van der Waals surface area contributed by atoms with Crippen molar-refractivity contribution in [2.75, 3.05) is 29.9 Å². The van der Waals surface area contributed by atoms with E-state index in [0.29, 0.717) is 6.42 Å². The number of nitrogens with one attached hydrogen (secondary N) is 2. The minimum absolute atomic E-state index is 0.0292. The molecule has 2 aromatic carbocycles. The molecule has 2 aromatic rings. The number of piperazine rings is 1. The minimum atomic E-state index is -0.0292. The zero-order chi connectivity index (χ0) is 17.2. The number of benzene rings is 2. The first-order valence-electron chi connectivity index (χ1n) is 8.83. The van der Waals surface area contributed by atoms with E-state index >= 15 is 0 Å². The van der Waals surface area contributed by atoms with Crippen molar-refractivity contribution in [3.63, 3.8) is 0 Å². The molecule has 1 saturated heterocycles. The Bertz CT molecular complexity index is 763. The fourth-order valence-electron chi connectivity index (χ4n) is 3.60. The van der Waals surface area contributed by atoms with E-state index in [1.54, 1.807) is 0 Å². The van der Waals surface area contributed by atoms with Gasteiger partial charge in [-0.15, -0.1) is 0 Å². The molecular formula is C20H23N3O2. The molecule has 0 aromatic heterocycles. The lowest BCUT2D eigenvalue weighted by Crippen LogP contribution is -2.51. The molecule has 0 aliphatic carbocycles. The van der Waals surface area contributed by atoms with Gasteiger partial charge >= 0.3 is 0 Å². The first-order valence-corrected chi connectivity index (χ1v) is 8.83. The molecule has 2 atom stereocenters. The number of amides is 1. The summed E-state index contributed by atoms with van der Waals surface area (Å²) < 4.78 is 6.16. The van der Waals surface area contributed by atoms with Gasteiger partial charge in [0.1, 0.15) is 11.9 Å². The predicted octanol–water partition coefficient (Wildman–Crippen LogP) is 2.95. The normalized spacial score (nSPS) is 20.8. The summed E-state index contributed by atoms with van der Waals surface area (Å²) in [5.41, 5.74) is 3.06. The standard InChI is InChI=1S/C20H23N3O2/c1-14(15-5-3-2-4-6-15)25-17-7-8-18-19(12-17)23-10-9-21-13-16(23)11-20(24)22-18/h2-8,12,14,16,21H,9-11,13H2,1H3,(H,22,24)/t14-,16?/m1/s1. The summed E-state index contributed by atoms with van der Waals surface area (Å²) in [7, 11) is 0. The number of carbonyl (C=O) groups is 1. The van der Waals surface area contributed by atoms with Gasteiger partial charge in [-0.2, -0.15) is 0 Å². The van der Waals surface area contributed by atoms with Crippen LogP contribution in [-0.4, -0.2) is 31.6 Å². The Balaban J connectivity index is 1.62. The Morgan fingerprint density at radius 3 is 2.88 bits per heavy atom. The van der Waals surface area contributed by atoms with Crippen LogP contribution in [0.15, 0.2) is 48.5 Å². The van der Waals surface area contributed by atoms with Crippen LogP contribution in [0.3, 0.4) is 0 Å². The maximum absolute atomic E-state index is 12.2. The minimum Gasteiger partial charge on any atom is -0.486 e. The molecule has 1 unspecified atom stereocenters. The molecule has 2 N–H and O–H groups in total. The molecule has 130 valence electrons. The molecule has 5 nitrogen and oxygen atoms in total. The van der Waals surface area contributed by atoms with Crippen molar-refractivity contribution in [1.29, 1.82) is 0 Å². The highest BCUT2D eigenvalue weighted by molar-refractivity contribution is 5.97. The third kappa shape index (κ3) is 3.33. The number of hydrogen-bond acceptors (Lipinski definition) is 4. The van der Waals surface area contributed by atoms with Crippen molar-refractivity contribution in [3.8, 4) is 5.75 Å². The van der Waals surface area contributed by atoms with Crippen LogP contribution in [0.1, 0.15) is 25.0 Å². The van der Waals surface area contributed by atoms with Crippen molar-refractivity contribution >= 4 is 17.3 Å². The number of rotatable bonds is 3. The van der Waals surface area contributed by atoms with E-state index in [-0.39, 0.29) is 18.1 Å². The lowest BCUT2D eigenvalue weighted by atomic mass is 10.1. The highest BCUT2D eigenvalue weighted by atomic mass is 16.5. The third-order valence-corrected chi connectivity index (χ3v) is 4.91. The Morgan fingerprint density at radius 2 is 2.04 bits per heavy atom. The van der Waals surface area contributed by atoms with Crippen LogP contribution in [0.4, 0.5) is 11.4 Å². The maximum Gasteiger partial charge on any atom is 0.226 e. The molecule has 0 saturated carbocycles. The van der Waals surface area contributed by atoms with E-state index in [1.165, 1.54) is 0 Å². The van der Waals surface area contributed by atoms with Crippen LogP contribution in [0, 0.1) is 0 Å². The average molecular weight is 337 g/mol. The van der Waals surface area contributed by atoms with Gasteiger partial charge in [0.25, 0.3) is 0 Å². The lowest BCUT2D eigenvalue weighted by molar-refractivity contribution is -0.116. The molecule has 1 amide bonds. The predicted molar refractivity (Wildman–Crippen MR) is 99.2 cm³/mol. The van der Waals surface area contributed by atoms with E-state index < -0.39 is 0 Å². The quantitative estimate of drug-likeness (QED) is 0.904. The van der Waals surface area contributed by atoms with Gasteiger partial charge < -0.3 is 20.3 Å². The van der Waals surface area contributed by atoms with E-state index in [9.17, 15) is 4.79 Å². The maximum atomic E-state index is 12.2. The number of fused-ring (bicyclic) bond motifs is 3. The first kappa shape index (κ1) is 16.0. The van der Waals surface area contributed by atoms with Gasteiger partial charge in [-0.3, -0.25) is 4.79 Å². The van der Waals surface area contributed by atoms with Crippen LogP contribution < -0.4 is 20.3 Å². The summed E-state index contributed by atoms with van der Waals surface area (Å²) >= 11 is 0. The first-order chi connectivity index (χ1) is 12.2. The molecule has 0 spiro atoms. The van der Waals surface area contributed by atoms with Crippen molar-refractivity contribution in [1.82, 2.24) is 5.32 Å². The van der Waals surface area contributed by atoms with Crippen molar-refractivity contribution < 1.29 is 9.53 Å². The van der Waals surface area contributed by atoms with Crippen LogP contribution in [0.5, 0.6) is 5.75 Å². The Kier molecular flexibility index (Phi) is 4.32. The van der Waals surface area contributed by atoms with Gasteiger partial charge in [0.15, 0.2) is 0 Å². The second-order valence-corrected chi connectivity index (χ2v) is 6.65. The average Bonchev–Trinajstić information content (AvgIpc) is 2.78. The number of ether oxygens (including phenoxy) is 1. The Morgan fingerprint density at radius 1 is 1.20 bits per heavy atom. The van der Waals surface area contributed by atoms with Crippen LogP contribution in [-0.2, 0) is 4.79 Å². The van der Waals surface area contributed by atoms with Crippen LogP contribution >= 0.6 is 0 Å². The highest BCUT2D eigenvalue weighted by Crippen LogP contribution is 2.36. The number of hydrogen-bond donors (Lipinski definition) is 2. The monoisotopic (exact) mass is 337 g/mol. The summed E-state index contributed by atoms with van der Waals surface area (Å²) in [5, 5.41) is 6.41. The van der Waals surface area contributed by atoms with Crippen LogP contribution in [0.2, 0.25) is 0 Å². The van der Waals surface area contributed by atoms with E-state index in [2.05, 4.69) is 40.7 Å². The summed E-state index contributed by atoms with van der Waals surface area (Å²) in [5.74, 6) is 0.896. The number of nitrogens with zero attached hydrogens (tertiary/aromatic N) is 1. The van der Waals surface area contributed by atoms with Gasteiger partial charge in [-0.25, -0.2) is 0 Å². The molecule has 1 fully saturated rings. The van der Waals surface area contributed by atoms with Gasteiger partial charge in [0.05, 0.1) is 17.4 Å². The second kappa shape index (κ2) is 6.76. The van der Waals surface area contributed by atoms with Crippen LogP contribution in [0.25, 0.3) is 0 Å². The van der Waals surface area contributed by atoms with Crippen molar-refractivity contribution in [3.05, 3.63) is 54.1 Å². The molecule has 5 heteroatoms. The molecule has 4 rings (SSSR count). The van der Waals surface area contributed by atoms with Crippen molar-refractivity contribution in [2.24, 2.45) is 0 Å². The fourth-order valence-corrected chi connectivity index (χ4v) is 3.60. The van der Waals surface area contributed by atoms with E-state index in [1.807, 2.05) is 30.3 Å². The zero-order valence-electron chi connectivity index (χ0n) is 14.4. The van der Waals surface area contributed by atoms with Gasteiger partial charge in [0.2, 0.25) is 5.91 Å². The smallest absolute Gasteiger partial charge is 0.226 e.